The highest BCUT2D eigenvalue weighted by Crippen LogP contribution is 2.39. The number of rotatable bonds is 3. The monoisotopic (exact) mass is 304 g/mol. The second kappa shape index (κ2) is 5.58. The Morgan fingerprint density at radius 1 is 1.50 bits per heavy atom. The zero-order valence-electron chi connectivity index (χ0n) is 11.3. The molecule has 0 aromatic carbocycles. The summed E-state index contributed by atoms with van der Waals surface area (Å²) in [7, 11) is 0. The average molecular weight is 304 g/mol. The Hall–Kier alpha value is -1.32. The predicted molar refractivity (Wildman–Crippen MR) is 84.0 cm³/mol. The number of thiophene rings is 1. The van der Waals surface area contributed by atoms with Crippen LogP contribution in [-0.2, 0) is 12.8 Å². The van der Waals surface area contributed by atoms with E-state index < -0.39 is 0 Å². The van der Waals surface area contributed by atoms with Crippen LogP contribution in [0.3, 0.4) is 0 Å². The van der Waals surface area contributed by atoms with Crippen LogP contribution >= 0.6 is 23.1 Å². The van der Waals surface area contributed by atoms with Gasteiger partial charge in [-0.15, -0.1) is 11.3 Å². The van der Waals surface area contributed by atoms with E-state index in [1.165, 1.54) is 28.6 Å². The molecular weight excluding hydrogens is 288 g/mol. The summed E-state index contributed by atoms with van der Waals surface area (Å²) < 4.78 is 0. The number of fused-ring (bicyclic) bond motifs is 3. The summed E-state index contributed by atoms with van der Waals surface area (Å²) in [5.74, 6) is 2.06. The van der Waals surface area contributed by atoms with E-state index in [4.69, 9.17) is 11.0 Å². The zero-order chi connectivity index (χ0) is 14.1. The smallest absolute Gasteiger partial charge is 0.190 e. The van der Waals surface area contributed by atoms with E-state index in [1.54, 1.807) is 11.3 Å². The maximum absolute atomic E-state index is 8.58. The van der Waals surface area contributed by atoms with Gasteiger partial charge in [0.2, 0.25) is 0 Å². The first-order chi connectivity index (χ1) is 9.69. The summed E-state index contributed by atoms with van der Waals surface area (Å²) >= 11 is 3.26. The van der Waals surface area contributed by atoms with Crippen molar-refractivity contribution in [2.45, 2.75) is 37.8 Å². The predicted octanol–water partition coefficient (Wildman–Crippen LogP) is 3.40. The summed E-state index contributed by atoms with van der Waals surface area (Å²) in [5.41, 5.74) is 7.51. The van der Waals surface area contributed by atoms with Crippen LogP contribution in [0.4, 0.5) is 5.82 Å². The average Bonchev–Trinajstić information content (AvgIpc) is 2.76. The number of nitrogen functional groups attached to an aromatic ring is 1. The van der Waals surface area contributed by atoms with E-state index in [-0.39, 0.29) is 0 Å². The SMILES string of the molecule is C[C@H]1CCc2c(sc3nc(SCCC#N)nc(N)c23)C1. The van der Waals surface area contributed by atoms with Gasteiger partial charge in [-0.05, 0) is 30.7 Å². The second-order valence-electron chi connectivity index (χ2n) is 5.18. The molecule has 0 saturated carbocycles. The van der Waals surface area contributed by atoms with Crippen LogP contribution < -0.4 is 5.73 Å². The van der Waals surface area contributed by atoms with Crippen molar-refractivity contribution in [3.8, 4) is 6.07 Å². The van der Waals surface area contributed by atoms with Crippen molar-refractivity contribution in [1.82, 2.24) is 9.97 Å². The molecule has 1 aliphatic rings. The van der Waals surface area contributed by atoms with Gasteiger partial charge in [-0.1, -0.05) is 18.7 Å². The van der Waals surface area contributed by atoms with Crippen molar-refractivity contribution >= 4 is 39.1 Å². The molecule has 6 heteroatoms. The minimum Gasteiger partial charge on any atom is -0.383 e. The van der Waals surface area contributed by atoms with Gasteiger partial charge in [0, 0.05) is 17.1 Å². The molecule has 0 fully saturated rings. The van der Waals surface area contributed by atoms with Gasteiger partial charge in [0.05, 0.1) is 11.5 Å². The van der Waals surface area contributed by atoms with Crippen molar-refractivity contribution in [3.63, 3.8) is 0 Å². The molecule has 0 amide bonds. The van der Waals surface area contributed by atoms with Crippen LogP contribution in [0.5, 0.6) is 0 Å². The number of hydrogen-bond acceptors (Lipinski definition) is 6. The third kappa shape index (κ3) is 2.48. The van der Waals surface area contributed by atoms with Gasteiger partial charge < -0.3 is 5.73 Å². The molecule has 0 spiro atoms. The van der Waals surface area contributed by atoms with E-state index in [2.05, 4.69) is 23.0 Å². The fourth-order valence-corrected chi connectivity index (χ4v) is 4.75. The molecule has 0 radical (unpaired) electrons. The first kappa shape index (κ1) is 13.7. The molecule has 1 atom stereocenters. The molecule has 104 valence electrons. The molecule has 0 saturated heterocycles. The van der Waals surface area contributed by atoms with Crippen LogP contribution in [0, 0.1) is 17.2 Å². The molecule has 0 bridgehead atoms. The van der Waals surface area contributed by atoms with Crippen LogP contribution in [0.15, 0.2) is 5.16 Å². The van der Waals surface area contributed by atoms with Gasteiger partial charge in [-0.3, -0.25) is 0 Å². The van der Waals surface area contributed by atoms with Crippen LogP contribution in [-0.4, -0.2) is 15.7 Å². The molecule has 0 aliphatic heterocycles. The molecule has 2 aromatic heterocycles. The molecule has 2 N–H and O–H groups in total. The number of aromatic nitrogens is 2. The highest BCUT2D eigenvalue weighted by molar-refractivity contribution is 7.99. The maximum Gasteiger partial charge on any atom is 0.190 e. The first-order valence-corrected chi connectivity index (χ1v) is 8.56. The van der Waals surface area contributed by atoms with Crippen molar-refractivity contribution in [2.24, 2.45) is 5.92 Å². The van der Waals surface area contributed by atoms with Gasteiger partial charge in [0.25, 0.3) is 0 Å². The lowest BCUT2D eigenvalue weighted by Crippen LogP contribution is -2.09. The molecule has 1 aliphatic carbocycles. The Kier molecular flexibility index (Phi) is 3.81. The molecule has 2 aromatic rings. The van der Waals surface area contributed by atoms with E-state index >= 15 is 0 Å². The number of nitriles is 1. The van der Waals surface area contributed by atoms with E-state index in [0.29, 0.717) is 23.1 Å². The van der Waals surface area contributed by atoms with Crippen molar-refractivity contribution < 1.29 is 0 Å². The van der Waals surface area contributed by atoms with Crippen molar-refractivity contribution in [1.29, 1.82) is 5.26 Å². The molecule has 2 heterocycles. The zero-order valence-corrected chi connectivity index (χ0v) is 13.0. The third-order valence-corrected chi connectivity index (χ3v) is 5.60. The Labute approximate surface area is 126 Å². The number of nitrogens with two attached hydrogens (primary N) is 1. The fourth-order valence-electron chi connectivity index (χ4n) is 2.60. The van der Waals surface area contributed by atoms with Crippen molar-refractivity contribution in [3.05, 3.63) is 10.4 Å². The summed E-state index contributed by atoms with van der Waals surface area (Å²) in [6, 6.07) is 2.13. The van der Waals surface area contributed by atoms with Gasteiger partial charge in [-0.25, -0.2) is 9.97 Å². The molecule has 4 nitrogen and oxygen atoms in total. The molecule has 20 heavy (non-hydrogen) atoms. The number of anilines is 1. The second-order valence-corrected chi connectivity index (χ2v) is 7.33. The normalized spacial score (nSPS) is 17.9. The Bertz CT molecular complexity index is 687. The van der Waals surface area contributed by atoms with E-state index in [0.717, 1.165) is 29.0 Å². The molecule has 3 rings (SSSR count). The Balaban J connectivity index is 1.98. The van der Waals surface area contributed by atoms with Crippen LogP contribution in [0.2, 0.25) is 0 Å². The van der Waals surface area contributed by atoms with Gasteiger partial charge >= 0.3 is 0 Å². The number of thioether (sulfide) groups is 1. The summed E-state index contributed by atoms with van der Waals surface area (Å²) in [4.78, 5) is 11.5. The standard InChI is InChI=1S/C14H16N4S2/c1-8-3-4-9-10(7-8)20-13-11(9)12(16)17-14(18-13)19-6-2-5-15/h8H,2-4,6-7H2,1H3,(H2,16,17,18)/t8-/m0/s1. The van der Waals surface area contributed by atoms with Gasteiger partial charge in [-0.2, -0.15) is 5.26 Å². The minimum atomic E-state index is 0.504. The number of aryl methyl sites for hydroxylation is 1. The number of nitrogens with zero attached hydrogens (tertiary/aromatic N) is 3. The van der Waals surface area contributed by atoms with E-state index in [1.807, 2.05) is 0 Å². The third-order valence-electron chi connectivity index (χ3n) is 3.61. The Morgan fingerprint density at radius 3 is 3.15 bits per heavy atom. The minimum absolute atomic E-state index is 0.504. The van der Waals surface area contributed by atoms with Crippen molar-refractivity contribution in [2.75, 3.05) is 11.5 Å². The summed E-state index contributed by atoms with van der Waals surface area (Å²) in [6.07, 6.45) is 3.94. The highest BCUT2D eigenvalue weighted by Gasteiger charge is 2.23. The molecular formula is C14H16N4S2. The molecule has 0 unspecified atom stereocenters. The first-order valence-electron chi connectivity index (χ1n) is 6.76. The number of hydrogen-bond donors (Lipinski definition) is 1. The summed E-state index contributed by atoms with van der Waals surface area (Å²) in [5, 5.41) is 10.3. The quantitative estimate of drug-likeness (QED) is 0.534. The van der Waals surface area contributed by atoms with E-state index in [9.17, 15) is 0 Å². The topological polar surface area (TPSA) is 75.6 Å². The maximum atomic E-state index is 8.58. The van der Waals surface area contributed by atoms with Crippen LogP contribution in [0.1, 0.15) is 30.2 Å². The lowest BCUT2D eigenvalue weighted by atomic mass is 9.89. The van der Waals surface area contributed by atoms with Gasteiger partial charge in [0.1, 0.15) is 10.6 Å². The summed E-state index contributed by atoms with van der Waals surface area (Å²) in [6.45, 7) is 2.30. The lowest BCUT2D eigenvalue weighted by molar-refractivity contribution is 0.509. The largest absolute Gasteiger partial charge is 0.383 e. The van der Waals surface area contributed by atoms with Gasteiger partial charge in [0.15, 0.2) is 5.16 Å². The van der Waals surface area contributed by atoms with Crippen LogP contribution in [0.25, 0.3) is 10.2 Å². The fraction of sp³-hybridized carbons (Fsp3) is 0.500. The Morgan fingerprint density at radius 2 is 2.35 bits per heavy atom. The highest BCUT2D eigenvalue weighted by atomic mass is 32.2. The lowest BCUT2D eigenvalue weighted by Gasteiger charge is -2.17.